The van der Waals surface area contributed by atoms with Crippen LogP contribution in [0.4, 0.5) is 17.6 Å². The third kappa shape index (κ3) is 3.81. The average Bonchev–Trinajstić information content (AvgIpc) is 3.12. The third-order valence-corrected chi connectivity index (χ3v) is 4.08. The second kappa shape index (κ2) is 6.85. The fourth-order valence-electron chi connectivity index (χ4n) is 2.87. The van der Waals surface area contributed by atoms with E-state index in [0.29, 0.717) is 17.7 Å². The van der Waals surface area contributed by atoms with Crippen molar-refractivity contribution in [3.05, 3.63) is 6.07 Å². The zero-order valence-electron chi connectivity index (χ0n) is 12.4. The van der Waals surface area contributed by atoms with Gasteiger partial charge in [0.2, 0.25) is 5.95 Å². The SMILES string of the molecule is CN(C)c1nc(N)cc(N2C[C@H](C3CC3)[C@@H](N)C2)n1.Cl.Cl. The smallest absolute Gasteiger partial charge is 0.228 e. The molecule has 2 heterocycles. The highest BCUT2D eigenvalue weighted by Gasteiger charge is 2.41. The summed E-state index contributed by atoms with van der Waals surface area (Å²) >= 11 is 0. The highest BCUT2D eigenvalue weighted by atomic mass is 35.5. The molecule has 4 N–H and O–H groups in total. The molecule has 0 bridgehead atoms. The van der Waals surface area contributed by atoms with Gasteiger partial charge in [0.25, 0.3) is 0 Å². The first-order valence-electron chi connectivity index (χ1n) is 6.87. The standard InChI is InChI=1S/C13H22N6.2ClH/c1-18(2)13-16-11(15)5-12(17-13)19-6-9(8-3-4-8)10(14)7-19;;/h5,8-10H,3-4,6-7,14H2,1-2H3,(H2,15,16,17);2*1H/t9-,10+;;/m1../s1. The van der Waals surface area contributed by atoms with Crippen LogP contribution in [0.3, 0.4) is 0 Å². The number of halogens is 2. The van der Waals surface area contributed by atoms with Crippen LogP contribution >= 0.6 is 24.8 Å². The van der Waals surface area contributed by atoms with E-state index in [-0.39, 0.29) is 30.9 Å². The molecule has 0 unspecified atom stereocenters. The van der Waals surface area contributed by atoms with E-state index in [1.165, 1.54) is 12.8 Å². The van der Waals surface area contributed by atoms with Gasteiger partial charge in [-0.1, -0.05) is 0 Å². The summed E-state index contributed by atoms with van der Waals surface area (Å²) in [6, 6.07) is 2.10. The van der Waals surface area contributed by atoms with E-state index in [2.05, 4.69) is 14.9 Å². The molecule has 2 fully saturated rings. The molecule has 1 aromatic rings. The number of nitrogens with two attached hydrogens (primary N) is 2. The summed E-state index contributed by atoms with van der Waals surface area (Å²) in [4.78, 5) is 12.9. The molecular formula is C13H24Cl2N6. The lowest BCUT2D eigenvalue weighted by Crippen LogP contribution is -2.30. The van der Waals surface area contributed by atoms with Crippen molar-refractivity contribution in [1.82, 2.24) is 9.97 Å². The van der Waals surface area contributed by atoms with E-state index in [0.717, 1.165) is 24.8 Å². The van der Waals surface area contributed by atoms with Crippen molar-refractivity contribution >= 4 is 42.4 Å². The van der Waals surface area contributed by atoms with Gasteiger partial charge in [0, 0.05) is 39.3 Å². The van der Waals surface area contributed by atoms with Crippen LogP contribution in [0.5, 0.6) is 0 Å². The Morgan fingerprint density at radius 2 is 1.86 bits per heavy atom. The molecule has 8 heteroatoms. The van der Waals surface area contributed by atoms with Crippen LogP contribution in [0.1, 0.15) is 12.8 Å². The molecule has 120 valence electrons. The normalized spacial score (nSPS) is 24.2. The first-order valence-corrected chi connectivity index (χ1v) is 6.87. The molecule has 0 aromatic carbocycles. The first-order chi connectivity index (χ1) is 9.04. The fourth-order valence-corrected chi connectivity index (χ4v) is 2.87. The summed E-state index contributed by atoms with van der Waals surface area (Å²) in [5.41, 5.74) is 12.1. The van der Waals surface area contributed by atoms with Crippen molar-refractivity contribution in [2.45, 2.75) is 18.9 Å². The highest BCUT2D eigenvalue weighted by molar-refractivity contribution is 5.85. The molecule has 1 aromatic heterocycles. The maximum atomic E-state index is 6.26. The van der Waals surface area contributed by atoms with Gasteiger partial charge in [-0.05, 0) is 24.7 Å². The van der Waals surface area contributed by atoms with Crippen LogP contribution in [0.2, 0.25) is 0 Å². The Bertz CT molecular complexity index is 480. The summed E-state index contributed by atoms with van der Waals surface area (Å²) in [5.74, 6) is 3.50. The first kappa shape index (κ1) is 18.1. The third-order valence-electron chi connectivity index (χ3n) is 4.08. The highest BCUT2D eigenvalue weighted by Crippen LogP contribution is 2.41. The second-order valence-corrected chi connectivity index (χ2v) is 5.92. The number of nitrogen functional groups attached to an aromatic ring is 1. The van der Waals surface area contributed by atoms with Gasteiger partial charge in [-0.15, -0.1) is 24.8 Å². The second-order valence-electron chi connectivity index (χ2n) is 5.92. The summed E-state index contributed by atoms with van der Waals surface area (Å²) in [6.45, 7) is 1.86. The van der Waals surface area contributed by atoms with Crippen molar-refractivity contribution in [1.29, 1.82) is 0 Å². The molecule has 1 aliphatic heterocycles. The molecule has 0 amide bonds. The lowest BCUT2D eigenvalue weighted by Gasteiger charge is -2.20. The molecule has 1 aliphatic carbocycles. The van der Waals surface area contributed by atoms with E-state index < -0.39 is 0 Å². The Balaban J connectivity index is 0.00000110. The van der Waals surface area contributed by atoms with Crippen LogP contribution in [-0.2, 0) is 0 Å². The lowest BCUT2D eigenvalue weighted by molar-refractivity contribution is 0.456. The average molecular weight is 335 g/mol. The molecule has 21 heavy (non-hydrogen) atoms. The Hall–Kier alpha value is -0.980. The van der Waals surface area contributed by atoms with Gasteiger partial charge in [-0.25, -0.2) is 0 Å². The molecule has 6 nitrogen and oxygen atoms in total. The molecular weight excluding hydrogens is 311 g/mol. The predicted octanol–water partition coefficient (Wildman–Crippen LogP) is 1.14. The fraction of sp³-hybridized carbons (Fsp3) is 0.692. The van der Waals surface area contributed by atoms with E-state index in [1.807, 2.05) is 25.1 Å². The van der Waals surface area contributed by atoms with Gasteiger partial charge < -0.3 is 21.3 Å². The van der Waals surface area contributed by atoms with Gasteiger partial charge in [-0.3, -0.25) is 0 Å². The minimum Gasteiger partial charge on any atom is -0.383 e. The van der Waals surface area contributed by atoms with Gasteiger partial charge in [0.15, 0.2) is 0 Å². The monoisotopic (exact) mass is 334 g/mol. The van der Waals surface area contributed by atoms with Gasteiger partial charge in [0.1, 0.15) is 11.6 Å². The molecule has 3 rings (SSSR count). The van der Waals surface area contributed by atoms with Gasteiger partial charge in [0.05, 0.1) is 0 Å². The summed E-state index contributed by atoms with van der Waals surface area (Å²) in [6.07, 6.45) is 2.67. The van der Waals surface area contributed by atoms with Gasteiger partial charge >= 0.3 is 0 Å². The largest absolute Gasteiger partial charge is 0.383 e. The van der Waals surface area contributed by atoms with Crippen molar-refractivity contribution in [3.63, 3.8) is 0 Å². The van der Waals surface area contributed by atoms with Crippen LogP contribution in [0.15, 0.2) is 6.07 Å². The summed E-state index contributed by atoms with van der Waals surface area (Å²) in [5, 5.41) is 0. The Kier molecular flexibility index (Phi) is 5.90. The maximum Gasteiger partial charge on any atom is 0.228 e. The molecule has 0 spiro atoms. The number of aromatic nitrogens is 2. The van der Waals surface area contributed by atoms with Crippen LogP contribution in [-0.4, -0.2) is 43.2 Å². The Morgan fingerprint density at radius 3 is 2.43 bits per heavy atom. The zero-order valence-corrected chi connectivity index (χ0v) is 14.0. The van der Waals surface area contributed by atoms with E-state index >= 15 is 0 Å². The number of rotatable bonds is 3. The molecule has 2 atom stereocenters. The van der Waals surface area contributed by atoms with Crippen molar-refractivity contribution in [3.8, 4) is 0 Å². The van der Waals surface area contributed by atoms with E-state index in [4.69, 9.17) is 11.5 Å². The molecule has 0 radical (unpaired) electrons. The summed E-state index contributed by atoms with van der Waals surface area (Å²) in [7, 11) is 3.84. The molecule has 1 saturated heterocycles. The predicted molar refractivity (Wildman–Crippen MR) is 91.7 cm³/mol. The zero-order chi connectivity index (χ0) is 13.6. The number of hydrogen-bond donors (Lipinski definition) is 2. The van der Waals surface area contributed by atoms with Gasteiger partial charge in [-0.2, -0.15) is 9.97 Å². The van der Waals surface area contributed by atoms with Crippen molar-refractivity contribution in [2.75, 3.05) is 42.7 Å². The van der Waals surface area contributed by atoms with Crippen molar-refractivity contribution in [2.24, 2.45) is 17.6 Å². The van der Waals surface area contributed by atoms with Crippen LogP contribution in [0.25, 0.3) is 0 Å². The quantitative estimate of drug-likeness (QED) is 0.862. The molecule has 2 aliphatic rings. The minimum atomic E-state index is 0. The topological polar surface area (TPSA) is 84.3 Å². The van der Waals surface area contributed by atoms with Crippen LogP contribution in [0, 0.1) is 11.8 Å². The van der Waals surface area contributed by atoms with Crippen LogP contribution < -0.4 is 21.3 Å². The molecule has 1 saturated carbocycles. The summed E-state index contributed by atoms with van der Waals surface area (Å²) < 4.78 is 0. The Morgan fingerprint density at radius 1 is 1.19 bits per heavy atom. The lowest BCUT2D eigenvalue weighted by atomic mass is 9.99. The minimum absolute atomic E-state index is 0. The van der Waals surface area contributed by atoms with E-state index in [9.17, 15) is 0 Å². The van der Waals surface area contributed by atoms with E-state index in [1.54, 1.807) is 0 Å². The Labute approximate surface area is 138 Å². The maximum absolute atomic E-state index is 6.26. The number of nitrogens with zero attached hydrogens (tertiary/aromatic N) is 4. The number of hydrogen-bond acceptors (Lipinski definition) is 6. The van der Waals surface area contributed by atoms with Crippen molar-refractivity contribution < 1.29 is 0 Å². The number of anilines is 3.